The summed E-state index contributed by atoms with van der Waals surface area (Å²) in [6.45, 7) is 2.82. The third-order valence-corrected chi connectivity index (χ3v) is 3.88. The summed E-state index contributed by atoms with van der Waals surface area (Å²) in [4.78, 5) is 0. The molecule has 0 aliphatic heterocycles. The standard InChI is InChI=1S/C18H20ClN3O2S/c1-3-23-17-10-13(11-21-22-18(25)20-2)8-9-16(17)24-12-14-6-4-5-7-15(14)19/h4-11H,3,12H2,1-2H3,(H2,20,22,25)/b21-11+. The molecule has 0 aromatic heterocycles. The molecule has 5 nitrogen and oxygen atoms in total. The Labute approximate surface area is 158 Å². The van der Waals surface area contributed by atoms with Crippen LogP contribution in [0.4, 0.5) is 0 Å². The maximum Gasteiger partial charge on any atom is 0.186 e. The van der Waals surface area contributed by atoms with Gasteiger partial charge in [0.1, 0.15) is 6.61 Å². The Kier molecular flexibility index (Phi) is 7.50. The molecule has 7 heteroatoms. The fraction of sp³-hybridized carbons (Fsp3) is 0.222. The van der Waals surface area contributed by atoms with E-state index in [1.807, 2.05) is 49.4 Å². The fourth-order valence-corrected chi connectivity index (χ4v) is 2.23. The molecule has 2 aromatic carbocycles. The molecule has 0 heterocycles. The van der Waals surface area contributed by atoms with Crippen LogP contribution in [-0.4, -0.2) is 25.0 Å². The largest absolute Gasteiger partial charge is 0.490 e. The van der Waals surface area contributed by atoms with Gasteiger partial charge in [0.15, 0.2) is 16.6 Å². The normalized spacial score (nSPS) is 10.5. The number of benzene rings is 2. The van der Waals surface area contributed by atoms with E-state index in [1.54, 1.807) is 13.3 Å². The van der Waals surface area contributed by atoms with Crippen molar-refractivity contribution < 1.29 is 9.47 Å². The Bertz CT molecular complexity index is 753. The van der Waals surface area contributed by atoms with Crippen molar-refractivity contribution >= 4 is 35.1 Å². The van der Waals surface area contributed by atoms with Crippen molar-refractivity contribution in [1.29, 1.82) is 0 Å². The Hall–Kier alpha value is -2.31. The van der Waals surface area contributed by atoms with Gasteiger partial charge in [0, 0.05) is 17.6 Å². The van der Waals surface area contributed by atoms with Crippen LogP contribution in [0, 0.1) is 0 Å². The van der Waals surface area contributed by atoms with Gasteiger partial charge in [0.25, 0.3) is 0 Å². The average Bonchev–Trinajstić information content (AvgIpc) is 2.62. The van der Waals surface area contributed by atoms with Crippen molar-refractivity contribution in [2.75, 3.05) is 13.7 Å². The molecule has 2 N–H and O–H groups in total. The molecular weight excluding hydrogens is 358 g/mol. The highest BCUT2D eigenvalue weighted by atomic mass is 35.5. The van der Waals surface area contributed by atoms with Gasteiger partial charge < -0.3 is 14.8 Å². The molecule has 0 amide bonds. The minimum atomic E-state index is 0.366. The molecule has 132 valence electrons. The summed E-state index contributed by atoms with van der Waals surface area (Å²) >= 11 is 11.1. The van der Waals surface area contributed by atoms with Crippen molar-refractivity contribution in [3.8, 4) is 11.5 Å². The van der Waals surface area contributed by atoms with E-state index in [9.17, 15) is 0 Å². The molecule has 0 atom stereocenters. The maximum atomic E-state index is 6.16. The lowest BCUT2D eigenvalue weighted by atomic mass is 10.2. The molecule has 0 saturated carbocycles. The fourth-order valence-electron chi connectivity index (χ4n) is 1.98. The Morgan fingerprint density at radius 2 is 2.00 bits per heavy atom. The average molecular weight is 378 g/mol. The van der Waals surface area contributed by atoms with Crippen molar-refractivity contribution in [3.63, 3.8) is 0 Å². The van der Waals surface area contributed by atoms with Gasteiger partial charge in [-0.3, -0.25) is 5.43 Å². The van der Waals surface area contributed by atoms with Crippen LogP contribution in [0.5, 0.6) is 11.5 Å². The van der Waals surface area contributed by atoms with Crippen molar-refractivity contribution in [3.05, 3.63) is 58.6 Å². The molecule has 0 fully saturated rings. The summed E-state index contributed by atoms with van der Waals surface area (Å²) in [5.41, 5.74) is 4.48. The highest BCUT2D eigenvalue weighted by Crippen LogP contribution is 2.29. The van der Waals surface area contributed by atoms with Crippen molar-refractivity contribution in [2.45, 2.75) is 13.5 Å². The quantitative estimate of drug-likeness (QED) is 0.437. The second-order valence-corrected chi connectivity index (χ2v) is 5.78. The Morgan fingerprint density at radius 3 is 2.72 bits per heavy atom. The predicted molar refractivity (Wildman–Crippen MR) is 106 cm³/mol. The summed E-state index contributed by atoms with van der Waals surface area (Å²) in [5.74, 6) is 1.30. The first-order chi connectivity index (χ1) is 12.1. The number of hydrazone groups is 1. The molecule has 2 rings (SSSR count). The monoisotopic (exact) mass is 377 g/mol. The number of thiocarbonyl (C=S) groups is 1. The third kappa shape index (κ3) is 5.92. The van der Waals surface area contributed by atoms with Gasteiger partial charge in [-0.2, -0.15) is 5.10 Å². The summed E-state index contributed by atoms with van der Waals surface area (Å²) in [6, 6.07) is 13.2. The van der Waals surface area contributed by atoms with Crippen LogP contribution in [0.2, 0.25) is 5.02 Å². The lowest BCUT2D eigenvalue weighted by Crippen LogP contribution is -2.28. The molecular formula is C18H20ClN3O2S. The third-order valence-electron chi connectivity index (χ3n) is 3.22. The van der Waals surface area contributed by atoms with Crippen LogP contribution in [0.25, 0.3) is 0 Å². The summed E-state index contributed by atoms with van der Waals surface area (Å²) in [6.07, 6.45) is 1.66. The zero-order valence-corrected chi connectivity index (χ0v) is 15.7. The predicted octanol–water partition coefficient (Wildman–Crippen LogP) is 3.75. The number of hydrogen-bond acceptors (Lipinski definition) is 4. The Morgan fingerprint density at radius 1 is 1.20 bits per heavy atom. The van der Waals surface area contributed by atoms with Gasteiger partial charge in [-0.25, -0.2) is 0 Å². The van der Waals surface area contributed by atoms with Crippen LogP contribution in [0.15, 0.2) is 47.6 Å². The van der Waals surface area contributed by atoms with Crippen LogP contribution < -0.4 is 20.2 Å². The SMILES string of the molecule is CCOc1cc(/C=N/NC(=S)NC)ccc1OCc1ccccc1Cl. The van der Waals surface area contributed by atoms with E-state index >= 15 is 0 Å². The minimum Gasteiger partial charge on any atom is -0.490 e. The minimum absolute atomic E-state index is 0.366. The number of halogens is 1. The van der Waals surface area contributed by atoms with Crippen LogP contribution >= 0.6 is 23.8 Å². The van der Waals surface area contributed by atoms with Crippen LogP contribution in [0.1, 0.15) is 18.1 Å². The number of nitrogens with zero attached hydrogens (tertiary/aromatic N) is 1. The first-order valence-electron chi connectivity index (χ1n) is 7.78. The molecule has 0 aliphatic carbocycles. The van der Waals surface area contributed by atoms with Gasteiger partial charge in [-0.1, -0.05) is 29.8 Å². The maximum absolute atomic E-state index is 6.16. The first kappa shape index (κ1) is 19.0. The topological polar surface area (TPSA) is 54.9 Å². The van der Waals surface area contributed by atoms with Crippen molar-refractivity contribution in [2.24, 2.45) is 5.10 Å². The van der Waals surface area contributed by atoms with E-state index < -0.39 is 0 Å². The smallest absolute Gasteiger partial charge is 0.186 e. The van der Waals surface area contributed by atoms with Gasteiger partial charge in [-0.15, -0.1) is 0 Å². The van der Waals surface area contributed by atoms with E-state index in [0.717, 1.165) is 11.1 Å². The highest BCUT2D eigenvalue weighted by Gasteiger charge is 2.07. The molecule has 0 aliphatic rings. The van der Waals surface area contributed by atoms with E-state index in [4.69, 9.17) is 33.3 Å². The van der Waals surface area contributed by atoms with E-state index in [2.05, 4.69) is 15.8 Å². The van der Waals surface area contributed by atoms with E-state index in [-0.39, 0.29) is 0 Å². The zero-order chi connectivity index (χ0) is 18.1. The van der Waals surface area contributed by atoms with Crippen LogP contribution in [0.3, 0.4) is 0 Å². The number of hydrogen-bond donors (Lipinski definition) is 2. The second-order valence-electron chi connectivity index (χ2n) is 4.97. The molecule has 0 bridgehead atoms. The molecule has 0 radical (unpaired) electrons. The number of rotatable bonds is 7. The van der Waals surface area contributed by atoms with E-state index in [0.29, 0.717) is 34.8 Å². The first-order valence-corrected chi connectivity index (χ1v) is 8.56. The van der Waals surface area contributed by atoms with Gasteiger partial charge >= 0.3 is 0 Å². The van der Waals surface area contributed by atoms with Crippen molar-refractivity contribution in [1.82, 2.24) is 10.7 Å². The number of nitrogens with one attached hydrogen (secondary N) is 2. The van der Waals surface area contributed by atoms with E-state index in [1.165, 1.54) is 0 Å². The molecule has 25 heavy (non-hydrogen) atoms. The second kappa shape index (κ2) is 9.86. The van der Waals surface area contributed by atoms with Crippen LogP contribution in [-0.2, 0) is 6.61 Å². The zero-order valence-electron chi connectivity index (χ0n) is 14.1. The van der Waals surface area contributed by atoms with Gasteiger partial charge in [0.05, 0.1) is 12.8 Å². The lowest BCUT2D eigenvalue weighted by Gasteiger charge is -2.13. The Balaban J connectivity index is 2.10. The summed E-state index contributed by atoms with van der Waals surface area (Å²) in [5, 5.41) is 7.96. The van der Waals surface area contributed by atoms with Gasteiger partial charge in [0.2, 0.25) is 0 Å². The highest BCUT2D eigenvalue weighted by molar-refractivity contribution is 7.80. The molecule has 0 unspecified atom stereocenters. The molecule has 2 aromatic rings. The molecule has 0 spiro atoms. The molecule has 0 saturated heterocycles. The summed E-state index contributed by atoms with van der Waals surface area (Å²) in [7, 11) is 1.73. The lowest BCUT2D eigenvalue weighted by molar-refractivity contribution is 0.269. The number of ether oxygens (including phenoxy) is 2. The summed E-state index contributed by atoms with van der Waals surface area (Å²) < 4.78 is 11.5. The van der Waals surface area contributed by atoms with Gasteiger partial charge in [-0.05, 0) is 49.0 Å².